The van der Waals surface area contributed by atoms with Crippen LogP contribution in [-0.2, 0) is 4.79 Å². The third-order valence-corrected chi connectivity index (χ3v) is 6.39. The second kappa shape index (κ2) is 8.76. The average molecular weight is 417 g/mol. The molecule has 1 atom stereocenters. The van der Waals surface area contributed by atoms with E-state index in [4.69, 9.17) is 0 Å². The molecule has 1 unspecified atom stereocenters. The van der Waals surface area contributed by atoms with Crippen LogP contribution in [0.5, 0.6) is 0 Å². The molecule has 1 aliphatic rings. The highest BCUT2D eigenvalue weighted by Gasteiger charge is 2.35. The van der Waals surface area contributed by atoms with E-state index in [2.05, 4.69) is 25.2 Å². The van der Waals surface area contributed by atoms with Gasteiger partial charge in [-0.15, -0.1) is 11.8 Å². The first-order valence-electron chi connectivity index (χ1n) is 10.0. The van der Waals surface area contributed by atoms with E-state index in [1.165, 1.54) is 5.56 Å². The van der Waals surface area contributed by atoms with Crippen LogP contribution in [0.4, 0.5) is 11.4 Å². The maximum atomic E-state index is 12.8. The minimum absolute atomic E-state index is 0.0729. The number of nitrogens with zero attached hydrogens (tertiary/aromatic N) is 1. The highest BCUT2D eigenvalue weighted by Crippen LogP contribution is 2.44. The Kier molecular flexibility index (Phi) is 5.91. The quantitative estimate of drug-likeness (QED) is 0.568. The number of hydrogen-bond acceptors (Lipinski definition) is 3. The molecule has 0 aliphatic carbocycles. The van der Waals surface area contributed by atoms with Crippen LogP contribution in [0.25, 0.3) is 0 Å². The first kappa shape index (κ1) is 20.2. The van der Waals surface area contributed by atoms with Gasteiger partial charge >= 0.3 is 0 Å². The average Bonchev–Trinajstić information content (AvgIpc) is 3.16. The summed E-state index contributed by atoms with van der Waals surface area (Å²) in [4.78, 5) is 27.0. The summed E-state index contributed by atoms with van der Waals surface area (Å²) in [6.07, 6.45) is 0. The number of amides is 2. The van der Waals surface area contributed by atoms with Crippen molar-refractivity contribution in [2.75, 3.05) is 16.0 Å². The summed E-state index contributed by atoms with van der Waals surface area (Å²) in [5.41, 5.74) is 4.55. The number of rotatable bonds is 5. The zero-order chi connectivity index (χ0) is 21.1. The molecular weight excluding hydrogens is 392 g/mol. The summed E-state index contributed by atoms with van der Waals surface area (Å²) in [6.45, 7) is 4.29. The number of carbonyl (C=O) groups excluding carboxylic acids is 2. The van der Waals surface area contributed by atoms with Crippen molar-refractivity contribution in [3.05, 3.63) is 95.6 Å². The van der Waals surface area contributed by atoms with Gasteiger partial charge in [-0.05, 0) is 47.4 Å². The van der Waals surface area contributed by atoms with Crippen LogP contribution < -0.4 is 10.2 Å². The number of nitrogens with one attached hydrogen (secondary N) is 1. The maximum absolute atomic E-state index is 12.8. The van der Waals surface area contributed by atoms with Gasteiger partial charge in [0.25, 0.3) is 5.91 Å². The molecule has 5 heteroatoms. The Morgan fingerprint density at radius 3 is 2.33 bits per heavy atom. The number of benzene rings is 3. The van der Waals surface area contributed by atoms with Crippen molar-refractivity contribution < 1.29 is 9.59 Å². The normalized spacial score (nSPS) is 16.2. The van der Waals surface area contributed by atoms with E-state index >= 15 is 0 Å². The predicted octanol–water partition coefficient (Wildman–Crippen LogP) is 5.84. The zero-order valence-electron chi connectivity index (χ0n) is 17.0. The second-order valence-electron chi connectivity index (χ2n) is 7.58. The molecule has 0 radical (unpaired) electrons. The van der Waals surface area contributed by atoms with Crippen molar-refractivity contribution in [2.45, 2.75) is 25.1 Å². The van der Waals surface area contributed by atoms with Crippen molar-refractivity contribution in [2.24, 2.45) is 0 Å². The molecule has 1 heterocycles. The lowest BCUT2D eigenvalue weighted by Crippen LogP contribution is -2.29. The SMILES string of the molecule is CC(C)c1ccccc1N1C(=O)CSC1c1ccc(NC(=O)c2ccccc2)cc1. The van der Waals surface area contributed by atoms with Crippen LogP contribution in [0.3, 0.4) is 0 Å². The summed E-state index contributed by atoms with van der Waals surface area (Å²) >= 11 is 1.63. The van der Waals surface area contributed by atoms with E-state index in [9.17, 15) is 9.59 Å². The fourth-order valence-corrected chi connectivity index (χ4v) is 4.82. The van der Waals surface area contributed by atoms with Crippen molar-refractivity contribution in [3.8, 4) is 0 Å². The van der Waals surface area contributed by atoms with Gasteiger partial charge in [-0.25, -0.2) is 0 Å². The van der Waals surface area contributed by atoms with Crippen LogP contribution in [0.1, 0.15) is 46.6 Å². The molecule has 0 bridgehead atoms. The minimum Gasteiger partial charge on any atom is -0.322 e. The Labute approximate surface area is 181 Å². The maximum Gasteiger partial charge on any atom is 0.255 e. The van der Waals surface area contributed by atoms with E-state index in [1.54, 1.807) is 23.9 Å². The highest BCUT2D eigenvalue weighted by molar-refractivity contribution is 8.00. The van der Waals surface area contributed by atoms with Crippen molar-refractivity contribution in [1.82, 2.24) is 0 Å². The Morgan fingerprint density at radius 2 is 1.63 bits per heavy atom. The van der Waals surface area contributed by atoms with Gasteiger partial charge in [0.05, 0.1) is 5.75 Å². The first-order chi connectivity index (χ1) is 14.5. The van der Waals surface area contributed by atoms with Gasteiger partial charge in [-0.1, -0.05) is 62.4 Å². The van der Waals surface area contributed by atoms with E-state index in [-0.39, 0.29) is 17.2 Å². The largest absolute Gasteiger partial charge is 0.322 e. The van der Waals surface area contributed by atoms with Crippen LogP contribution in [-0.4, -0.2) is 17.6 Å². The zero-order valence-corrected chi connectivity index (χ0v) is 17.9. The third-order valence-electron chi connectivity index (χ3n) is 5.18. The summed E-state index contributed by atoms with van der Waals surface area (Å²) in [7, 11) is 0. The summed E-state index contributed by atoms with van der Waals surface area (Å²) in [5, 5.41) is 2.85. The molecular formula is C25H24N2O2S. The Morgan fingerprint density at radius 1 is 0.967 bits per heavy atom. The Balaban J connectivity index is 1.56. The molecule has 0 aromatic heterocycles. The lowest BCUT2D eigenvalue weighted by atomic mass is 10.00. The molecule has 30 heavy (non-hydrogen) atoms. The molecule has 1 fully saturated rings. The molecule has 1 saturated heterocycles. The first-order valence-corrected chi connectivity index (χ1v) is 11.1. The number of anilines is 2. The van der Waals surface area contributed by atoms with Gasteiger partial charge in [-0.2, -0.15) is 0 Å². The molecule has 0 spiro atoms. The molecule has 3 aromatic carbocycles. The highest BCUT2D eigenvalue weighted by atomic mass is 32.2. The molecule has 1 aliphatic heterocycles. The summed E-state index contributed by atoms with van der Waals surface area (Å²) in [6, 6.07) is 25.0. The van der Waals surface area contributed by atoms with Crippen molar-refractivity contribution in [1.29, 1.82) is 0 Å². The molecule has 152 valence electrons. The van der Waals surface area contributed by atoms with E-state index in [1.807, 2.05) is 65.6 Å². The van der Waals surface area contributed by atoms with Gasteiger partial charge < -0.3 is 5.32 Å². The number of thioether (sulfide) groups is 1. The fourth-order valence-electron chi connectivity index (χ4n) is 3.65. The standard InChI is InChI=1S/C25H24N2O2S/c1-17(2)21-10-6-7-11-22(21)27-23(28)16-30-25(27)19-12-14-20(15-13-19)26-24(29)18-8-4-3-5-9-18/h3-15,17,25H,16H2,1-2H3,(H,26,29). The Bertz CT molecular complexity index is 1050. The number of hydrogen-bond donors (Lipinski definition) is 1. The minimum atomic E-state index is -0.138. The van der Waals surface area contributed by atoms with E-state index < -0.39 is 0 Å². The van der Waals surface area contributed by atoms with Crippen molar-refractivity contribution in [3.63, 3.8) is 0 Å². The third kappa shape index (κ3) is 4.12. The molecule has 4 rings (SSSR count). The van der Waals surface area contributed by atoms with Gasteiger partial charge in [0, 0.05) is 16.9 Å². The predicted molar refractivity (Wildman–Crippen MR) is 124 cm³/mol. The molecule has 2 amide bonds. The molecule has 3 aromatic rings. The van der Waals surface area contributed by atoms with E-state index in [0.29, 0.717) is 17.2 Å². The fraction of sp³-hybridized carbons (Fsp3) is 0.200. The summed E-state index contributed by atoms with van der Waals surface area (Å²) in [5.74, 6) is 0.778. The topological polar surface area (TPSA) is 49.4 Å². The number of carbonyl (C=O) groups is 2. The van der Waals surface area contributed by atoms with Crippen LogP contribution >= 0.6 is 11.8 Å². The van der Waals surface area contributed by atoms with Gasteiger partial charge in [-0.3, -0.25) is 14.5 Å². The van der Waals surface area contributed by atoms with Gasteiger partial charge in [0.2, 0.25) is 5.91 Å². The smallest absolute Gasteiger partial charge is 0.255 e. The van der Waals surface area contributed by atoms with Gasteiger partial charge in [0.1, 0.15) is 5.37 Å². The van der Waals surface area contributed by atoms with E-state index in [0.717, 1.165) is 16.9 Å². The number of para-hydroxylation sites is 1. The van der Waals surface area contributed by atoms with Gasteiger partial charge in [0.15, 0.2) is 0 Å². The summed E-state index contributed by atoms with van der Waals surface area (Å²) < 4.78 is 0. The monoisotopic (exact) mass is 416 g/mol. The lowest BCUT2D eigenvalue weighted by Gasteiger charge is -2.27. The molecule has 0 saturated carbocycles. The van der Waals surface area contributed by atoms with Crippen LogP contribution in [0, 0.1) is 0 Å². The van der Waals surface area contributed by atoms with Crippen LogP contribution in [0.2, 0.25) is 0 Å². The van der Waals surface area contributed by atoms with Crippen molar-refractivity contribution >= 4 is 35.0 Å². The second-order valence-corrected chi connectivity index (χ2v) is 8.65. The van der Waals surface area contributed by atoms with Crippen LogP contribution in [0.15, 0.2) is 78.9 Å². The molecule has 4 nitrogen and oxygen atoms in total. The Hall–Kier alpha value is -3.05. The lowest BCUT2D eigenvalue weighted by molar-refractivity contribution is -0.115. The molecule has 1 N–H and O–H groups in total.